The summed E-state index contributed by atoms with van der Waals surface area (Å²) in [4.78, 5) is 0. The molecule has 0 aromatic rings. The van der Waals surface area contributed by atoms with E-state index in [1.165, 1.54) is 44.2 Å². The Morgan fingerprint density at radius 1 is 0.938 bits per heavy atom. The number of unbranched alkanes of at least 4 members (excludes halogenated alkanes) is 2. The van der Waals surface area contributed by atoms with Gasteiger partial charge in [0.05, 0.1) is 0 Å². The minimum Gasteiger partial charge on any atom is -0.394 e. The van der Waals surface area contributed by atoms with Gasteiger partial charge in [0.2, 0.25) is 0 Å². The maximum absolute atomic E-state index is 6.19. The van der Waals surface area contributed by atoms with Gasteiger partial charge in [0.1, 0.15) is 0 Å². The van der Waals surface area contributed by atoms with Gasteiger partial charge in [-0.25, -0.2) is 0 Å². The van der Waals surface area contributed by atoms with Crippen LogP contribution in [0.3, 0.4) is 0 Å². The van der Waals surface area contributed by atoms with Crippen molar-refractivity contribution in [3.63, 3.8) is 0 Å². The molecule has 3 heteroatoms. The molecule has 1 heterocycles. The lowest BCUT2D eigenvalue weighted by atomic mass is 10.1. The molecule has 0 aliphatic carbocycles. The van der Waals surface area contributed by atoms with Crippen LogP contribution in [-0.4, -0.2) is 21.8 Å². The molecule has 0 unspecified atom stereocenters. The van der Waals surface area contributed by atoms with Crippen molar-refractivity contribution in [2.24, 2.45) is 5.92 Å². The molecular weight excluding hydrogens is 216 g/mol. The zero-order valence-electron chi connectivity index (χ0n) is 11.3. The minimum absolute atomic E-state index is 0.642. The van der Waals surface area contributed by atoms with E-state index in [1.54, 1.807) is 0 Å². The highest BCUT2D eigenvalue weighted by Gasteiger charge is 2.40. The highest BCUT2D eigenvalue weighted by Crippen LogP contribution is 2.29. The summed E-state index contributed by atoms with van der Waals surface area (Å²) in [6, 6.07) is 2.42. The molecule has 1 aliphatic rings. The van der Waals surface area contributed by atoms with Crippen molar-refractivity contribution in [1.82, 2.24) is 0 Å². The second-order valence-electron chi connectivity index (χ2n) is 5.01. The third-order valence-corrected chi connectivity index (χ3v) is 7.18. The first kappa shape index (κ1) is 14.2. The van der Waals surface area contributed by atoms with Crippen molar-refractivity contribution in [3.05, 3.63) is 0 Å². The largest absolute Gasteiger partial charge is 0.394 e. The lowest BCUT2D eigenvalue weighted by Crippen LogP contribution is -2.48. The quantitative estimate of drug-likeness (QED) is 0.628. The summed E-state index contributed by atoms with van der Waals surface area (Å²) < 4.78 is 12.4. The van der Waals surface area contributed by atoms with Gasteiger partial charge >= 0.3 is 8.56 Å². The fourth-order valence-electron chi connectivity index (χ4n) is 2.17. The van der Waals surface area contributed by atoms with Crippen LogP contribution < -0.4 is 0 Å². The van der Waals surface area contributed by atoms with Crippen LogP contribution in [0.25, 0.3) is 0 Å². The first-order chi connectivity index (χ1) is 7.76. The SMILES string of the molecule is CCCC[Si]1(CCCC)OCC(CC)CO1. The highest BCUT2D eigenvalue weighted by atomic mass is 28.4. The van der Waals surface area contributed by atoms with Crippen LogP contribution in [0.2, 0.25) is 12.1 Å². The monoisotopic (exact) mass is 244 g/mol. The van der Waals surface area contributed by atoms with Gasteiger partial charge in [-0.3, -0.25) is 0 Å². The van der Waals surface area contributed by atoms with Crippen molar-refractivity contribution in [1.29, 1.82) is 0 Å². The van der Waals surface area contributed by atoms with Gasteiger partial charge in [-0.1, -0.05) is 46.5 Å². The molecule has 0 spiro atoms. The van der Waals surface area contributed by atoms with E-state index in [-0.39, 0.29) is 0 Å². The molecule has 0 aromatic heterocycles. The molecule has 0 bridgehead atoms. The molecule has 0 N–H and O–H groups in total. The average molecular weight is 244 g/mol. The Kier molecular flexibility index (Phi) is 6.62. The lowest BCUT2D eigenvalue weighted by molar-refractivity contribution is 0.0559. The fraction of sp³-hybridized carbons (Fsp3) is 1.00. The Bertz CT molecular complexity index is 167. The predicted octanol–water partition coefficient (Wildman–Crippen LogP) is 4.10. The number of hydrogen-bond acceptors (Lipinski definition) is 2. The second-order valence-corrected chi connectivity index (χ2v) is 8.41. The van der Waals surface area contributed by atoms with E-state index in [1.807, 2.05) is 0 Å². The lowest BCUT2D eigenvalue weighted by Gasteiger charge is -2.38. The van der Waals surface area contributed by atoms with Crippen molar-refractivity contribution in [3.8, 4) is 0 Å². The van der Waals surface area contributed by atoms with Gasteiger partial charge in [0, 0.05) is 19.1 Å². The van der Waals surface area contributed by atoms with E-state index >= 15 is 0 Å². The second kappa shape index (κ2) is 7.46. The van der Waals surface area contributed by atoms with Crippen LogP contribution in [0.1, 0.15) is 52.9 Å². The Morgan fingerprint density at radius 3 is 1.81 bits per heavy atom. The van der Waals surface area contributed by atoms with Gasteiger partial charge in [-0.2, -0.15) is 0 Å². The molecule has 96 valence electrons. The average Bonchev–Trinajstić information content (AvgIpc) is 2.35. The van der Waals surface area contributed by atoms with E-state index < -0.39 is 8.56 Å². The van der Waals surface area contributed by atoms with Gasteiger partial charge in [0.25, 0.3) is 0 Å². The Labute approximate surface area is 102 Å². The van der Waals surface area contributed by atoms with Crippen LogP contribution in [0.4, 0.5) is 0 Å². The summed E-state index contributed by atoms with van der Waals surface area (Å²) in [5.41, 5.74) is 0. The smallest absolute Gasteiger partial charge is 0.338 e. The number of rotatable bonds is 7. The van der Waals surface area contributed by atoms with E-state index in [2.05, 4.69) is 20.8 Å². The first-order valence-corrected chi connectivity index (χ1v) is 9.27. The zero-order chi connectivity index (χ0) is 11.9. The molecule has 16 heavy (non-hydrogen) atoms. The van der Waals surface area contributed by atoms with Crippen molar-refractivity contribution >= 4 is 8.56 Å². The maximum atomic E-state index is 6.19. The molecule has 0 atom stereocenters. The van der Waals surface area contributed by atoms with Crippen LogP contribution in [0.15, 0.2) is 0 Å². The molecule has 1 aliphatic heterocycles. The molecule has 2 nitrogen and oxygen atoms in total. The molecule has 1 fully saturated rings. The molecule has 0 aromatic carbocycles. The zero-order valence-corrected chi connectivity index (χ0v) is 12.3. The van der Waals surface area contributed by atoms with Gasteiger partial charge in [-0.15, -0.1) is 0 Å². The minimum atomic E-state index is -1.78. The summed E-state index contributed by atoms with van der Waals surface area (Å²) in [7, 11) is -1.78. The Hall–Kier alpha value is 0.137. The third kappa shape index (κ3) is 4.19. The Morgan fingerprint density at radius 2 is 1.44 bits per heavy atom. The summed E-state index contributed by atoms with van der Waals surface area (Å²) in [6.45, 7) is 8.63. The molecule has 0 saturated carbocycles. The van der Waals surface area contributed by atoms with E-state index in [4.69, 9.17) is 8.85 Å². The van der Waals surface area contributed by atoms with Crippen molar-refractivity contribution < 1.29 is 8.85 Å². The highest BCUT2D eigenvalue weighted by molar-refractivity contribution is 6.67. The third-order valence-electron chi connectivity index (χ3n) is 3.56. The van der Waals surface area contributed by atoms with Crippen LogP contribution in [0.5, 0.6) is 0 Å². The van der Waals surface area contributed by atoms with E-state index in [0.717, 1.165) is 13.2 Å². The van der Waals surface area contributed by atoms with E-state index in [0.29, 0.717) is 5.92 Å². The van der Waals surface area contributed by atoms with Crippen LogP contribution >= 0.6 is 0 Å². The van der Waals surface area contributed by atoms with Crippen LogP contribution in [0, 0.1) is 5.92 Å². The summed E-state index contributed by atoms with van der Waals surface area (Å²) >= 11 is 0. The Balaban J connectivity index is 2.44. The predicted molar refractivity (Wildman–Crippen MR) is 70.9 cm³/mol. The fourth-order valence-corrected chi connectivity index (χ4v) is 5.94. The summed E-state index contributed by atoms with van der Waals surface area (Å²) in [5, 5.41) is 0. The van der Waals surface area contributed by atoms with E-state index in [9.17, 15) is 0 Å². The van der Waals surface area contributed by atoms with Crippen molar-refractivity contribution in [2.75, 3.05) is 13.2 Å². The molecular formula is C13H28O2Si. The topological polar surface area (TPSA) is 18.5 Å². The molecule has 1 rings (SSSR count). The maximum Gasteiger partial charge on any atom is 0.338 e. The molecule has 1 saturated heterocycles. The molecule has 0 amide bonds. The normalized spacial score (nSPS) is 21.2. The van der Waals surface area contributed by atoms with Crippen LogP contribution in [-0.2, 0) is 8.85 Å². The number of hydrogen-bond donors (Lipinski definition) is 0. The molecule has 0 radical (unpaired) electrons. The first-order valence-electron chi connectivity index (χ1n) is 7.04. The van der Waals surface area contributed by atoms with Gasteiger partial charge < -0.3 is 8.85 Å². The summed E-state index contributed by atoms with van der Waals surface area (Å²) in [6.07, 6.45) is 6.24. The summed E-state index contributed by atoms with van der Waals surface area (Å²) in [5.74, 6) is 0.642. The van der Waals surface area contributed by atoms with Gasteiger partial charge in [0.15, 0.2) is 0 Å². The standard InChI is InChI=1S/C13H28O2Si/c1-4-7-9-16(10-8-5-2)14-11-13(6-3)12-15-16/h13H,4-12H2,1-3H3. The van der Waals surface area contributed by atoms with Crippen molar-refractivity contribution in [2.45, 2.75) is 65.0 Å². The van der Waals surface area contributed by atoms with Gasteiger partial charge in [-0.05, 0) is 18.5 Å².